The fraction of sp³-hybridized carbons (Fsp3) is 0.750. The van der Waals surface area contributed by atoms with Crippen LogP contribution in [0.25, 0.3) is 0 Å². The lowest BCUT2D eigenvalue weighted by molar-refractivity contribution is 0.0420. The summed E-state index contributed by atoms with van der Waals surface area (Å²) >= 11 is 1.86. The number of nitrogens with zero attached hydrogens (tertiary/aromatic N) is 2. The van der Waals surface area contributed by atoms with E-state index in [1.165, 1.54) is 30.8 Å². The molecule has 6 nitrogen and oxygen atoms in total. The van der Waals surface area contributed by atoms with Gasteiger partial charge in [-0.3, -0.25) is 9.89 Å². The number of ether oxygens (including phenoxy) is 2. The molecule has 27 heavy (non-hydrogen) atoms. The SMILES string of the molecule is CN=C(NCCCOC1CCOC1)NCC1CCCN(Cc2cccs2)C1. The maximum Gasteiger partial charge on any atom is 0.190 e. The van der Waals surface area contributed by atoms with Gasteiger partial charge in [0.1, 0.15) is 0 Å². The molecule has 152 valence electrons. The van der Waals surface area contributed by atoms with Crippen molar-refractivity contribution < 1.29 is 9.47 Å². The molecule has 0 saturated carbocycles. The van der Waals surface area contributed by atoms with Crippen molar-refractivity contribution in [1.82, 2.24) is 15.5 Å². The van der Waals surface area contributed by atoms with Crippen LogP contribution in [0.15, 0.2) is 22.5 Å². The van der Waals surface area contributed by atoms with Gasteiger partial charge in [0.05, 0.1) is 12.7 Å². The van der Waals surface area contributed by atoms with Crippen molar-refractivity contribution >= 4 is 17.3 Å². The Balaban J connectivity index is 1.27. The minimum absolute atomic E-state index is 0.297. The first-order valence-corrected chi connectivity index (χ1v) is 11.1. The fourth-order valence-electron chi connectivity index (χ4n) is 3.72. The number of piperidine rings is 1. The quantitative estimate of drug-likeness (QED) is 0.382. The molecule has 1 aromatic heterocycles. The minimum atomic E-state index is 0.297. The van der Waals surface area contributed by atoms with Gasteiger partial charge in [0, 0.05) is 51.3 Å². The van der Waals surface area contributed by atoms with E-state index in [0.29, 0.717) is 12.0 Å². The van der Waals surface area contributed by atoms with Crippen LogP contribution in [0, 0.1) is 5.92 Å². The summed E-state index contributed by atoms with van der Waals surface area (Å²) < 4.78 is 11.1. The van der Waals surface area contributed by atoms with Gasteiger partial charge >= 0.3 is 0 Å². The lowest BCUT2D eigenvalue weighted by Crippen LogP contribution is -2.44. The molecule has 7 heteroatoms. The first kappa shape index (κ1) is 20.6. The number of hydrogen-bond acceptors (Lipinski definition) is 5. The van der Waals surface area contributed by atoms with Crippen LogP contribution in [-0.4, -0.2) is 70.0 Å². The van der Waals surface area contributed by atoms with Crippen molar-refractivity contribution in [3.05, 3.63) is 22.4 Å². The van der Waals surface area contributed by atoms with E-state index in [9.17, 15) is 0 Å². The Morgan fingerprint density at radius 1 is 1.41 bits per heavy atom. The van der Waals surface area contributed by atoms with Gasteiger partial charge in [0.2, 0.25) is 0 Å². The van der Waals surface area contributed by atoms with E-state index in [-0.39, 0.29) is 0 Å². The maximum atomic E-state index is 5.80. The highest BCUT2D eigenvalue weighted by Gasteiger charge is 2.20. The van der Waals surface area contributed by atoms with Gasteiger partial charge in [-0.2, -0.15) is 0 Å². The number of rotatable bonds is 9. The molecule has 2 unspecified atom stereocenters. The molecule has 3 heterocycles. The third-order valence-corrected chi connectivity index (χ3v) is 6.06. The number of thiophene rings is 1. The number of guanidine groups is 1. The number of hydrogen-bond donors (Lipinski definition) is 2. The van der Waals surface area contributed by atoms with Crippen LogP contribution in [0.3, 0.4) is 0 Å². The van der Waals surface area contributed by atoms with Crippen LogP contribution in [0.5, 0.6) is 0 Å². The monoisotopic (exact) mass is 394 g/mol. The summed E-state index contributed by atoms with van der Waals surface area (Å²) in [5.41, 5.74) is 0. The van der Waals surface area contributed by atoms with Crippen LogP contribution < -0.4 is 10.6 Å². The van der Waals surface area contributed by atoms with Crippen molar-refractivity contribution in [2.75, 3.05) is 53.0 Å². The molecule has 0 radical (unpaired) electrons. The standard InChI is InChI=1S/C20H34N4O2S/c1-21-20(22-8-4-10-26-18-7-11-25-16-18)23-13-17-5-2-9-24(14-17)15-19-6-3-12-27-19/h3,6,12,17-18H,2,4-5,7-11,13-16H2,1H3,(H2,21,22,23). The second kappa shape index (κ2) is 11.6. The summed E-state index contributed by atoms with van der Waals surface area (Å²) in [4.78, 5) is 8.40. The van der Waals surface area contributed by atoms with Crippen LogP contribution in [0.4, 0.5) is 0 Å². The zero-order chi connectivity index (χ0) is 18.7. The molecule has 2 fully saturated rings. The molecule has 1 aromatic rings. The molecule has 0 spiro atoms. The van der Waals surface area contributed by atoms with Crippen molar-refractivity contribution in [3.8, 4) is 0 Å². The average molecular weight is 395 g/mol. The third-order valence-electron chi connectivity index (χ3n) is 5.20. The van der Waals surface area contributed by atoms with Crippen LogP contribution in [0.2, 0.25) is 0 Å². The zero-order valence-electron chi connectivity index (χ0n) is 16.5. The van der Waals surface area contributed by atoms with Gasteiger partial charge < -0.3 is 20.1 Å². The second-order valence-corrected chi connectivity index (χ2v) is 8.44. The van der Waals surface area contributed by atoms with Gasteiger partial charge in [0.15, 0.2) is 5.96 Å². The summed E-state index contributed by atoms with van der Waals surface area (Å²) in [6.07, 6.45) is 4.89. The average Bonchev–Trinajstić information content (AvgIpc) is 3.38. The molecule has 2 aliphatic heterocycles. The van der Waals surface area contributed by atoms with Crippen molar-refractivity contribution in [2.24, 2.45) is 10.9 Å². The third kappa shape index (κ3) is 7.41. The van der Waals surface area contributed by atoms with E-state index in [1.807, 2.05) is 18.4 Å². The van der Waals surface area contributed by atoms with E-state index in [4.69, 9.17) is 9.47 Å². The Bertz CT molecular complexity index is 546. The topological polar surface area (TPSA) is 58.1 Å². The van der Waals surface area contributed by atoms with Crippen LogP contribution >= 0.6 is 11.3 Å². The molecule has 3 rings (SSSR count). The Kier molecular flexibility index (Phi) is 8.87. The van der Waals surface area contributed by atoms with E-state index in [1.54, 1.807) is 0 Å². The normalized spacial score (nSPS) is 24.3. The van der Waals surface area contributed by atoms with Gasteiger partial charge in [-0.1, -0.05) is 6.07 Å². The van der Waals surface area contributed by atoms with E-state index < -0.39 is 0 Å². The summed E-state index contributed by atoms with van der Waals surface area (Å²) in [6, 6.07) is 4.38. The molecule has 0 amide bonds. The van der Waals surface area contributed by atoms with Gasteiger partial charge in [0.25, 0.3) is 0 Å². The van der Waals surface area contributed by atoms with Crippen LogP contribution in [0.1, 0.15) is 30.6 Å². The Morgan fingerprint density at radius 3 is 3.15 bits per heavy atom. The lowest BCUT2D eigenvalue weighted by Gasteiger charge is -2.32. The second-order valence-electron chi connectivity index (χ2n) is 7.41. The highest BCUT2D eigenvalue weighted by molar-refractivity contribution is 7.09. The maximum absolute atomic E-state index is 5.80. The van der Waals surface area contributed by atoms with Gasteiger partial charge in [-0.05, 0) is 49.6 Å². The molecule has 2 saturated heterocycles. The van der Waals surface area contributed by atoms with E-state index >= 15 is 0 Å². The van der Waals surface area contributed by atoms with E-state index in [2.05, 4.69) is 38.0 Å². The minimum Gasteiger partial charge on any atom is -0.379 e. The van der Waals surface area contributed by atoms with Crippen molar-refractivity contribution in [3.63, 3.8) is 0 Å². The van der Waals surface area contributed by atoms with E-state index in [0.717, 1.165) is 58.3 Å². The Hall–Kier alpha value is -1.15. The fourth-order valence-corrected chi connectivity index (χ4v) is 4.47. The predicted molar refractivity (Wildman–Crippen MR) is 111 cm³/mol. The van der Waals surface area contributed by atoms with Crippen molar-refractivity contribution in [2.45, 2.75) is 38.3 Å². The Morgan fingerprint density at radius 2 is 2.37 bits per heavy atom. The molecule has 0 aliphatic carbocycles. The van der Waals surface area contributed by atoms with Crippen molar-refractivity contribution in [1.29, 1.82) is 0 Å². The number of likely N-dealkylation sites (tertiary alicyclic amines) is 1. The van der Waals surface area contributed by atoms with Gasteiger partial charge in [-0.25, -0.2) is 0 Å². The lowest BCUT2D eigenvalue weighted by atomic mass is 9.98. The smallest absolute Gasteiger partial charge is 0.190 e. The molecule has 0 bridgehead atoms. The highest BCUT2D eigenvalue weighted by atomic mass is 32.1. The summed E-state index contributed by atoms with van der Waals surface area (Å²) in [7, 11) is 1.84. The molecular formula is C20H34N4O2S. The predicted octanol–water partition coefficient (Wildman–Crippen LogP) is 2.32. The summed E-state index contributed by atoms with van der Waals surface area (Å²) in [6.45, 7) is 7.70. The zero-order valence-corrected chi connectivity index (χ0v) is 17.3. The highest BCUT2D eigenvalue weighted by Crippen LogP contribution is 2.19. The van der Waals surface area contributed by atoms with Gasteiger partial charge in [-0.15, -0.1) is 11.3 Å². The molecule has 2 aliphatic rings. The molecule has 0 aromatic carbocycles. The Labute approximate surface area is 167 Å². The molecule has 2 N–H and O–H groups in total. The summed E-state index contributed by atoms with van der Waals surface area (Å²) in [5.74, 6) is 1.58. The van der Waals surface area contributed by atoms with Crippen LogP contribution in [-0.2, 0) is 16.0 Å². The molecule has 2 atom stereocenters. The number of nitrogens with one attached hydrogen (secondary N) is 2. The summed E-state index contributed by atoms with van der Waals surface area (Å²) in [5, 5.41) is 9.07. The number of aliphatic imine (C=N–C) groups is 1. The first-order valence-electron chi connectivity index (χ1n) is 10.2. The first-order chi connectivity index (χ1) is 13.3. The largest absolute Gasteiger partial charge is 0.379 e. The molecular weight excluding hydrogens is 360 g/mol.